The summed E-state index contributed by atoms with van der Waals surface area (Å²) in [5, 5.41) is 5.05. The predicted molar refractivity (Wildman–Crippen MR) is 149 cm³/mol. The average molecular weight is 583 g/mol. The van der Waals surface area contributed by atoms with Crippen LogP contribution in [0, 0.1) is 0 Å². The molecule has 3 aromatic rings. The standard InChI is InChI=1S/C30H29F3N4O5/c1-34-29(39)26-17-24(6-7-35-26)42-23-4-5-27-19(13-23)12-20(18-41-27)28(38)36-22-14-21(30(31,32)33)15-25(16-22)40-11-10-37-8-2-3-9-37/h4-7,12-17H,2-3,8-11,18H2,1H3,(H,34,39)(H,36,38). The fraction of sp³-hybridized carbons (Fsp3) is 0.300. The van der Waals surface area contributed by atoms with E-state index in [1.54, 1.807) is 30.3 Å². The molecule has 220 valence electrons. The Kier molecular flexibility index (Phi) is 8.62. The van der Waals surface area contributed by atoms with Gasteiger partial charge in [0.05, 0.1) is 11.1 Å². The highest BCUT2D eigenvalue weighted by Gasteiger charge is 2.32. The van der Waals surface area contributed by atoms with Crippen LogP contribution in [0.25, 0.3) is 6.08 Å². The zero-order chi connectivity index (χ0) is 29.7. The SMILES string of the molecule is CNC(=O)c1cc(Oc2ccc3c(c2)C=C(C(=O)Nc2cc(OCCN4CCCC4)cc(C(F)(F)F)c2)CO3)ccn1. The van der Waals surface area contributed by atoms with Gasteiger partial charge in [-0.15, -0.1) is 0 Å². The first-order valence-corrected chi connectivity index (χ1v) is 13.4. The molecule has 12 heteroatoms. The van der Waals surface area contributed by atoms with Crippen molar-refractivity contribution in [2.75, 3.05) is 45.2 Å². The number of pyridine rings is 1. The number of ether oxygens (including phenoxy) is 3. The minimum atomic E-state index is -4.62. The van der Waals surface area contributed by atoms with E-state index in [0.717, 1.165) is 38.1 Å². The first kappa shape index (κ1) is 28.9. The highest BCUT2D eigenvalue weighted by molar-refractivity contribution is 6.07. The molecule has 0 unspecified atom stereocenters. The molecule has 2 aromatic carbocycles. The van der Waals surface area contributed by atoms with Crippen molar-refractivity contribution in [3.8, 4) is 23.0 Å². The summed E-state index contributed by atoms with van der Waals surface area (Å²) in [6.07, 6.45) is 0.615. The molecule has 2 amide bonds. The van der Waals surface area contributed by atoms with Gasteiger partial charge < -0.3 is 24.8 Å². The van der Waals surface area contributed by atoms with Crippen LogP contribution in [-0.4, -0.2) is 61.6 Å². The lowest BCUT2D eigenvalue weighted by atomic mass is 10.1. The summed E-state index contributed by atoms with van der Waals surface area (Å²) in [4.78, 5) is 31.1. The van der Waals surface area contributed by atoms with Crippen molar-refractivity contribution >= 4 is 23.6 Å². The van der Waals surface area contributed by atoms with E-state index < -0.39 is 17.6 Å². The molecular weight excluding hydrogens is 553 g/mol. The smallest absolute Gasteiger partial charge is 0.416 e. The van der Waals surface area contributed by atoms with E-state index in [-0.39, 0.29) is 41.8 Å². The van der Waals surface area contributed by atoms with Gasteiger partial charge in [0.25, 0.3) is 11.8 Å². The fourth-order valence-electron chi connectivity index (χ4n) is 4.64. The van der Waals surface area contributed by atoms with Gasteiger partial charge in [0.1, 0.15) is 41.9 Å². The molecule has 0 radical (unpaired) electrons. The molecule has 42 heavy (non-hydrogen) atoms. The molecular formula is C30H29F3N4O5. The molecule has 3 heterocycles. The predicted octanol–water partition coefficient (Wildman–Crippen LogP) is 5.14. The number of halogens is 3. The first-order valence-electron chi connectivity index (χ1n) is 13.4. The van der Waals surface area contributed by atoms with Crippen molar-refractivity contribution in [3.63, 3.8) is 0 Å². The second-order valence-corrected chi connectivity index (χ2v) is 9.81. The van der Waals surface area contributed by atoms with Crippen molar-refractivity contribution in [3.05, 3.63) is 77.1 Å². The van der Waals surface area contributed by atoms with Crippen LogP contribution in [0.5, 0.6) is 23.0 Å². The Morgan fingerprint density at radius 1 is 1.00 bits per heavy atom. The van der Waals surface area contributed by atoms with E-state index in [0.29, 0.717) is 29.4 Å². The lowest BCUT2D eigenvalue weighted by molar-refractivity contribution is -0.137. The number of carbonyl (C=O) groups is 2. The third kappa shape index (κ3) is 7.19. The van der Waals surface area contributed by atoms with Gasteiger partial charge in [0.15, 0.2) is 0 Å². The number of fused-ring (bicyclic) bond motifs is 1. The minimum Gasteiger partial charge on any atom is -0.492 e. The Morgan fingerprint density at radius 3 is 2.55 bits per heavy atom. The second kappa shape index (κ2) is 12.5. The number of hydrogen-bond acceptors (Lipinski definition) is 7. The van der Waals surface area contributed by atoms with Gasteiger partial charge in [0, 0.05) is 43.2 Å². The number of hydrogen-bond donors (Lipinski definition) is 2. The van der Waals surface area contributed by atoms with Crippen LogP contribution in [0.4, 0.5) is 18.9 Å². The molecule has 0 saturated carbocycles. The van der Waals surface area contributed by atoms with E-state index in [4.69, 9.17) is 14.2 Å². The van der Waals surface area contributed by atoms with E-state index >= 15 is 0 Å². The van der Waals surface area contributed by atoms with Crippen molar-refractivity contribution in [1.29, 1.82) is 0 Å². The lowest BCUT2D eigenvalue weighted by Crippen LogP contribution is -2.25. The van der Waals surface area contributed by atoms with E-state index in [1.165, 1.54) is 25.4 Å². The number of likely N-dealkylation sites (tertiary alicyclic amines) is 1. The molecule has 0 bridgehead atoms. The van der Waals surface area contributed by atoms with Crippen molar-refractivity contribution < 1.29 is 37.0 Å². The van der Waals surface area contributed by atoms with E-state index in [9.17, 15) is 22.8 Å². The molecule has 2 N–H and O–H groups in total. The Balaban J connectivity index is 1.30. The highest BCUT2D eigenvalue weighted by Crippen LogP contribution is 2.35. The molecule has 0 atom stereocenters. The summed E-state index contributed by atoms with van der Waals surface area (Å²) in [6.45, 7) is 2.68. The third-order valence-corrected chi connectivity index (χ3v) is 6.78. The van der Waals surface area contributed by atoms with Gasteiger partial charge in [0.2, 0.25) is 0 Å². The Labute approximate surface area is 240 Å². The van der Waals surface area contributed by atoms with E-state index in [1.807, 2.05) is 0 Å². The Hall–Kier alpha value is -4.58. The summed E-state index contributed by atoms with van der Waals surface area (Å²) in [6, 6.07) is 11.3. The number of benzene rings is 2. The van der Waals surface area contributed by atoms with Crippen LogP contribution in [0.2, 0.25) is 0 Å². The van der Waals surface area contributed by atoms with Crippen molar-refractivity contribution in [2.24, 2.45) is 0 Å². The van der Waals surface area contributed by atoms with Crippen LogP contribution >= 0.6 is 0 Å². The Morgan fingerprint density at radius 2 is 1.79 bits per heavy atom. The molecule has 0 aliphatic carbocycles. The summed E-state index contributed by atoms with van der Waals surface area (Å²) < 4.78 is 58.0. The minimum absolute atomic E-state index is 0.0241. The number of rotatable bonds is 9. The molecule has 1 aromatic heterocycles. The number of amides is 2. The normalized spacial score (nSPS) is 14.8. The molecule has 1 saturated heterocycles. The van der Waals surface area contributed by atoms with E-state index in [2.05, 4.69) is 20.5 Å². The fourth-order valence-corrected chi connectivity index (χ4v) is 4.64. The summed E-state index contributed by atoms with van der Waals surface area (Å²) in [7, 11) is 1.50. The molecule has 2 aliphatic heterocycles. The van der Waals surface area contributed by atoms with Gasteiger partial charge in [-0.05, 0) is 68.4 Å². The number of alkyl halides is 3. The maximum Gasteiger partial charge on any atom is 0.416 e. The highest BCUT2D eigenvalue weighted by atomic mass is 19.4. The maximum atomic E-state index is 13.6. The largest absolute Gasteiger partial charge is 0.492 e. The third-order valence-electron chi connectivity index (χ3n) is 6.78. The van der Waals surface area contributed by atoms with Crippen molar-refractivity contribution in [2.45, 2.75) is 19.0 Å². The monoisotopic (exact) mass is 582 g/mol. The molecule has 9 nitrogen and oxygen atoms in total. The summed E-state index contributed by atoms with van der Waals surface area (Å²) >= 11 is 0. The zero-order valence-corrected chi connectivity index (χ0v) is 22.8. The van der Waals surface area contributed by atoms with Crippen LogP contribution < -0.4 is 24.8 Å². The molecule has 1 fully saturated rings. The number of nitrogens with one attached hydrogen (secondary N) is 2. The molecule has 2 aliphatic rings. The lowest BCUT2D eigenvalue weighted by Gasteiger charge is -2.19. The number of nitrogens with zero attached hydrogens (tertiary/aromatic N) is 2. The van der Waals surface area contributed by atoms with Gasteiger partial charge in [-0.1, -0.05) is 0 Å². The number of anilines is 1. The summed E-state index contributed by atoms with van der Waals surface area (Å²) in [5.74, 6) is 0.352. The number of carbonyl (C=O) groups excluding carboxylic acids is 2. The van der Waals surface area contributed by atoms with Crippen molar-refractivity contribution in [1.82, 2.24) is 15.2 Å². The topological polar surface area (TPSA) is 102 Å². The summed E-state index contributed by atoms with van der Waals surface area (Å²) in [5.41, 5.74) is -0.0312. The molecule has 0 spiro atoms. The average Bonchev–Trinajstić information content (AvgIpc) is 3.49. The van der Waals surface area contributed by atoms with Gasteiger partial charge in [-0.25, -0.2) is 0 Å². The van der Waals surface area contributed by atoms with Gasteiger partial charge in [-0.3, -0.25) is 19.5 Å². The Bertz CT molecular complexity index is 1500. The van der Waals surface area contributed by atoms with Crippen LogP contribution in [0.1, 0.15) is 34.5 Å². The van der Waals surface area contributed by atoms with Gasteiger partial charge >= 0.3 is 6.18 Å². The zero-order valence-electron chi connectivity index (χ0n) is 22.8. The van der Waals surface area contributed by atoms with Gasteiger partial charge in [-0.2, -0.15) is 13.2 Å². The first-order chi connectivity index (χ1) is 20.2. The number of aromatic nitrogens is 1. The van der Waals surface area contributed by atoms with Crippen LogP contribution in [0.3, 0.4) is 0 Å². The molecule has 5 rings (SSSR count). The van der Waals surface area contributed by atoms with Crippen LogP contribution in [0.15, 0.2) is 60.3 Å². The second-order valence-electron chi connectivity index (χ2n) is 9.81. The quantitative estimate of drug-likeness (QED) is 0.360. The van der Waals surface area contributed by atoms with Crippen LogP contribution in [-0.2, 0) is 11.0 Å². The maximum absolute atomic E-state index is 13.6.